The van der Waals surface area contributed by atoms with Crippen molar-refractivity contribution in [2.75, 3.05) is 4.90 Å². The van der Waals surface area contributed by atoms with Crippen LogP contribution in [0, 0.1) is 20.8 Å². The summed E-state index contributed by atoms with van der Waals surface area (Å²) in [7, 11) is 0. The smallest absolute Gasteiger partial charge is 0.248 e. The van der Waals surface area contributed by atoms with E-state index >= 15 is 0 Å². The monoisotopic (exact) mass is 602 g/mol. The van der Waals surface area contributed by atoms with E-state index in [1.54, 1.807) is 0 Å². The number of benzene rings is 6. The first kappa shape index (κ1) is 27.5. The number of anilines is 3. The van der Waals surface area contributed by atoms with E-state index in [0.717, 1.165) is 16.7 Å². The van der Waals surface area contributed by atoms with Gasteiger partial charge in [0.05, 0.1) is 0 Å². The molecule has 1 aromatic heterocycles. The van der Waals surface area contributed by atoms with E-state index in [4.69, 9.17) is 15.0 Å². The molecule has 0 fully saturated rings. The molecule has 0 spiro atoms. The zero-order valence-electron chi connectivity index (χ0n) is 26.6. The molecule has 3 heterocycles. The Morgan fingerprint density at radius 1 is 0.447 bits per heavy atom. The molecule has 4 nitrogen and oxygen atoms in total. The van der Waals surface area contributed by atoms with Crippen LogP contribution < -0.4 is 21.3 Å². The summed E-state index contributed by atoms with van der Waals surface area (Å²) in [5, 5.41) is 0. The van der Waals surface area contributed by atoms with Crippen LogP contribution >= 0.6 is 0 Å². The Morgan fingerprint density at radius 2 is 1.02 bits per heavy atom. The second-order valence-corrected chi connectivity index (χ2v) is 12.6. The number of rotatable bonds is 4. The quantitative estimate of drug-likeness (QED) is 0.191. The minimum absolute atomic E-state index is 0.151. The van der Waals surface area contributed by atoms with Crippen LogP contribution in [0.4, 0.5) is 17.1 Å². The summed E-state index contributed by atoms with van der Waals surface area (Å²) in [6.45, 7) is 6.84. The molecule has 9 rings (SSSR count). The van der Waals surface area contributed by atoms with Gasteiger partial charge in [-0.25, -0.2) is 15.0 Å². The van der Waals surface area contributed by atoms with Crippen molar-refractivity contribution in [3.8, 4) is 45.3 Å². The summed E-state index contributed by atoms with van der Waals surface area (Å²) in [6, 6.07) is 47.2. The van der Waals surface area contributed by atoms with E-state index in [1.165, 1.54) is 61.3 Å². The molecule has 0 atom stereocenters. The van der Waals surface area contributed by atoms with Crippen molar-refractivity contribution in [1.82, 2.24) is 15.0 Å². The zero-order valence-corrected chi connectivity index (χ0v) is 26.6. The first-order valence-corrected chi connectivity index (χ1v) is 16.2. The Kier molecular flexibility index (Phi) is 6.22. The van der Waals surface area contributed by atoms with Gasteiger partial charge in [0.1, 0.15) is 0 Å². The Labute approximate surface area is 275 Å². The molecule has 7 aromatic rings. The van der Waals surface area contributed by atoms with Crippen molar-refractivity contribution in [2.45, 2.75) is 20.8 Å². The van der Waals surface area contributed by atoms with E-state index in [9.17, 15) is 0 Å². The molecule has 2 aliphatic rings. The van der Waals surface area contributed by atoms with Crippen molar-refractivity contribution in [3.05, 3.63) is 150 Å². The largest absolute Gasteiger partial charge is 0.311 e. The number of para-hydroxylation sites is 2. The SMILES string of the molecule is Cc1ccccc1N1c2cc(-c3nc(-c4ccccc4)nc(-c4ccccc4)n3)cc3c2B(c2cccc(C)c21)c1c(C)cccc1-3. The van der Waals surface area contributed by atoms with E-state index in [0.29, 0.717) is 17.5 Å². The van der Waals surface area contributed by atoms with Gasteiger partial charge in [0.2, 0.25) is 6.71 Å². The highest BCUT2D eigenvalue weighted by Crippen LogP contribution is 2.44. The van der Waals surface area contributed by atoms with Gasteiger partial charge in [-0.3, -0.25) is 0 Å². The van der Waals surface area contributed by atoms with Crippen LogP contribution in [0.15, 0.2) is 133 Å². The van der Waals surface area contributed by atoms with Gasteiger partial charge in [0, 0.05) is 33.8 Å². The number of hydrogen-bond donors (Lipinski definition) is 0. The number of nitrogens with zero attached hydrogens (tertiary/aromatic N) is 4. The maximum Gasteiger partial charge on any atom is 0.248 e. The molecule has 0 bridgehead atoms. The third-order valence-corrected chi connectivity index (χ3v) is 9.71. The lowest BCUT2D eigenvalue weighted by atomic mass is 9.36. The Balaban J connectivity index is 1.37. The zero-order chi connectivity index (χ0) is 31.6. The van der Waals surface area contributed by atoms with Crippen LogP contribution in [-0.4, -0.2) is 21.7 Å². The lowest BCUT2D eigenvalue weighted by molar-refractivity contribution is 1.07. The average Bonchev–Trinajstić information content (AvgIpc) is 3.46. The van der Waals surface area contributed by atoms with Crippen LogP contribution in [0.3, 0.4) is 0 Å². The Hall–Kier alpha value is -5.81. The molecule has 0 saturated heterocycles. The predicted octanol–water partition coefficient (Wildman–Crippen LogP) is 8.08. The molecule has 0 saturated carbocycles. The average molecular weight is 603 g/mol. The maximum atomic E-state index is 5.15. The second-order valence-electron chi connectivity index (χ2n) is 12.6. The van der Waals surface area contributed by atoms with Crippen LogP contribution in [0.2, 0.25) is 0 Å². The lowest BCUT2D eigenvalue weighted by Gasteiger charge is -2.38. The van der Waals surface area contributed by atoms with Crippen molar-refractivity contribution in [1.29, 1.82) is 0 Å². The van der Waals surface area contributed by atoms with E-state index in [2.05, 4.69) is 123 Å². The second kappa shape index (κ2) is 10.6. The summed E-state index contributed by atoms with van der Waals surface area (Å²) in [6.07, 6.45) is 0. The van der Waals surface area contributed by atoms with Crippen molar-refractivity contribution >= 4 is 40.2 Å². The van der Waals surface area contributed by atoms with Crippen LogP contribution in [0.25, 0.3) is 45.3 Å². The normalized spacial score (nSPS) is 12.5. The fourth-order valence-electron chi connectivity index (χ4n) is 7.58. The van der Waals surface area contributed by atoms with Crippen molar-refractivity contribution in [3.63, 3.8) is 0 Å². The molecule has 47 heavy (non-hydrogen) atoms. The van der Waals surface area contributed by atoms with Gasteiger partial charge >= 0.3 is 0 Å². The molecular formula is C42H31BN4. The first-order chi connectivity index (χ1) is 23.1. The summed E-state index contributed by atoms with van der Waals surface area (Å²) >= 11 is 0. The molecule has 0 N–H and O–H groups in total. The molecule has 5 heteroatoms. The number of aryl methyl sites for hydroxylation is 3. The van der Waals surface area contributed by atoms with E-state index < -0.39 is 0 Å². The van der Waals surface area contributed by atoms with Gasteiger partial charge in [-0.2, -0.15) is 0 Å². The standard InChI is InChI=1S/C42H31BN4/c1-26-14-10-11-23-35(26)47-36-25-31(42-45-40(29-17-6-4-7-18-29)44-41(46-42)30-19-8-5-9-20-30)24-33-32-21-12-15-27(2)37(32)43(38(33)36)34-22-13-16-28(3)39(34)47/h4-25H,1-3H3. The predicted molar refractivity (Wildman–Crippen MR) is 195 cm³/mol. The van der Waals surface area contributed by atoms with Crippen molar-refractivity contribution < 1.29 is 0 Å². The molecule has 0 unspecified atom stereocenters. The molecule has 0 radical (unpaired) electrons. The molecular weight excluding hydrogens is 571 g/mol. The van der Waals surface area contributed by atoms with Crippen LogP contribution in [0.1, 0.15) is 16.7 Å². The Bertz CT molecular complexity index is 2290. The number of aromatic nitrogens is 3. The number of hydrogen-bond acceptors (Lipinski definition) is 4. The molecule has 0 amide bonds. The third kappa shape index (κ3) is 4.27. The minimum atomic E-state index is 0.151. The molecule has 2 aliphatic heterocycles. The van der Waals surface area contributed by atoms with Crippen molar-refractivity contribution in [2.24, 2.45) is 0 Å². The summed E-state index contributed by atoms with van der Waals surface area (Å²) in [5.41, 5.74) is 16.9. The Morgan fingerprint density at radius 3 is 1.70 bits per heavy atom. The van der Waals surface area contributed by atoms with Gasteiger partial charge in [0.15, 0.2) is 17.5 Å². The lowest BCUT2D eigenvalue weighted by Crippen LogP contribution is -2.55. The van der Waals surface area contributed by atoms with Crippen LogP contribution in [-0.2, 0) is 0 Å². The summed E-state index contributed by atoms with van der Waals surface area (Å²) < 4.78 is 0. The highest BCUT2D eigenvalue weighted by molar-refractivity contribution is 7.01. The van der Waals surface area contributed by atoms with Crippen LogP contribution in [0.5, 0.6) is 0 Å². The highest BCUT2D eigenvalue weighted by Gasteiger charge is 2.44. The third-order valence-electron chi connectivity index (χ3n) is 9.71. The fourth-order valence-corrected chi connectivity index (χ4v) is 7.58. The van der Waals surface area contributed by atoms with E-state index in [1.807, 2.05) is 36.4 Å². The first-order valence-electron chi connectivity index (χ1n) is 16.2. The van der Waals surface area contributed by atoms with E-state index in [-0.39, 0.29) is 6.71 Å². The van der Waals surface area contributed by atoms with Gasteiger partial charge in [-0.05, 0) is 72.1 Å². The molecule has 222 valence electrons. The van der Waals surface area contributed by atoms with Gasteiger partial charge in [-0.1, -0.05) is 126 Å². The summed E-state index contributed by atoms with van der Waals surface area (Å²) in [4.78, 5) is 17.7. The molecule has 0 aliphatic carbocycles. The highest BCUT2D eigenvalue weighted by atomic mass is 15.2. The van der Waals surface area contributed by atoms with Gasteiger partial charge in [-0.15, -0.1) is 0 Å². The van der Waals surface area contributed by atoms with Gasteiger partial charge < -0.3 is 4.90 Å². The minimum Gasteiger partial charge on any atom is -0.311 e. The maximum absolute atomic E-state index is 5.15. The summed E-state index contributed by atoms with van der Waals surface area (Å²) in [5.74, 6) is 1.99. The van der Waals surface area contributed by atoms with Gasteiger partial charge in [0.25, 0.3) is 0 Å². The topological polar surface area (TPSA) is 41.9 Å². The number of fused-ring (bicyclic) bond motifs is 5. The fraction of sp³-hybridized carbons (Fsp3) is 0.0714. The molecule has 6 aromatic carbocycles.